The maximum Gasteiger partial charge on any atom is 0.264 e. The normalized spacial score (nSPS) is 22.6. The molecule has 1 aliphatic carbocycles. The first-order chi connectivity index (χ1) is 8.08. The first-order valence-corrected chi connectivity index (χ1v) is 8.78. The summed E-state index contributed by atoms with van der Waals surface area (Å²) in [5.74, 6) is 0. The molecule has 3 nitrogen and oxygen atoms in total. The van der Waals surface area contributed by atoms with E-state index in [0.717, 1.165) is 31.9 Å². The average molecular weight is 262 g/mol. The smallest absolute Gasteiger partial charge is 0.264 e. The van der Waals surface area contributed by atoms with E-state index in [1.165, 1.54) is 44.9 Å². The zero-order valence-electron chi connectivity index (χ0n) is 11.0. The van der Waals surface area contributed by atoms with Crippen molar-refractivity contribution >= 4 is 10.1 Å². The van der Waals surface area contributed by atoms with Crippen LogP contribution in [0.2, 0.25) is 0 Å². The first kappa shape index (κ1) is 15.0. The lowest BCUT2D eigenvalue weighted by molar-refractivity contribution is 0.181. The van der Waals surface area contributed by atoms with Gasteiger partial charge in [0.05, 0.1) is 12.4 Å². The van der Waals surface area contributed by atoms with Crippen LogP contribution in [0, 0.1) is 0 Å². The topological polar surface area (TPSA) is 43.4 Å². The maximum absolute atomic E-state index is 11.2. The van der Waals surface area contributed by atoms with Gasteiger partial charge < -0.3 is 0 Å². The summed E-state index contributed by atoms with van der Waals surface area (Å²) in [5.41, 5.74) is 0. The van der Waals surface area contributed by atoms with Crippen LogP contribution in [0.15, 0.2) is 0 Å². The van der Waals surface area contributed by atoms with Crippen molar-refractivity contribution in [2.24, 2.45) is 0 Å². The van der Waals surface area contributed by atoms with Crippen LogP contribution in [0.4, 0.5) is 0 Å². The van der Waals surface area contributed by atoms with E-state index < -0.39 is 10.1 Å². The van der Waals surface area contributed by atoms with Gasteiger partial charge in [0, 0.05) is 0 Å². The minimum atomic E-state index is -3.29. The number of rotatable bonds is 2. The molecular formula is C13H26O3S. The van der Waals surface area contributed by atoms with Gasteiger partial charge in [0.15, 0.2) is 0 Å². The highest BCUT2D eigenvalue weighted by atomic mass is 32.2. The fourth-order valence-corrected chi connectivity index (χ4v) is 3.16. The molecule has 0 aromatic carbocycles. The standard InChI is InChI=1S/C13H26O3S/c1-17(14,15)16-13-11-9-7-5-3-2-4-6-8-10-12-13/h13H,2-12H2,1H3. The van der Waals surface area contributed by atoms with Crippen LogP contribution >= 0.6 is 0 Å². The molecule has 1 fully saturated rings. The van der Waals surface area contributed by atoms with E-state index in [2.05, 4.69) is 0 Å². The summed E-state index contributed by atoms with van der Waals surface area (Å²) in [6.07, 6.45) is 14.1. The minimum Gasteiger partial charge on any atom is -0.267 e. The zero-order valence-corrected chi connectivity index (χ0v) is 11.8. The Bertz CT molecular complexity index is 273. The molecule has 4 heteroatoms. The van der Waals surface area contributed by atoms with Gasteiger partial charge in [0.1, 0.15) is 0 Å². The lowest BCUT2D eigenvalue weighted by Crippen LogP contribution is -2.17. The zero-order chi connectivity index (χ0) is 12.6. The van der Waals surface area contributed by atoms with Crippen LogP contribution < -0.4 is 0 Å². The lowest BCUT2D eigenvalue weighted by atomic mass is 10.00. The van der Waals surface area contributed by atoms with E-state index in [1.54, 1.807) is 0 Å². The second-order valence-corrected chi connectivity index (χ2v) is 6.78. The monoisotopic (exact) mass is 262 g/mol. The summed E-state index contributed by atoms with van der Waals surface area (Å²) in [4.78, 5) is 0. The van der Waals surface area contributed by atoms with Gasteiger partial charge >= 0.3 is 0 Å². The Balaban J connectivity index is 2.37. The van der Waals surface area contributed by atoms with Crippen LogP contribution in [0.1, 0.15) is 70.6 Å². The van der Waals surface area contributed by atoms with Crippen LogP contribution in [-0.4, -0.2) is 20.8 Å². The Kier molecular flexibility index (Phi) is 7.12. The molecule has 0 aliphatic heterocycles. The minimum absolute atomic E-state index is 0.0792. The molecule has 0 bridgehead atoms. The van der Waals surface area contributed by atoms with E-state index >= 15 is 0 Å². The summed E-state index contributed by atoms with van der Waals surface area (Å²) < 4.78 is 27.5. The molecule has 102 valence electrons. The van der Waals surface area contributed by atoms with Crippen LogP contribution in [0.5, 0.6) is 0 Å². The van der Waals surface area contributed by atoms with Crippen LogP contribution in [0.3, 0.4) is 0 Å². The molecule has 17 heavy (non-hydrogen) atoms. The van der Waals surface area contributed by atoms with E-state index in [1.807, 2.05) is 0 Å². The third-order valence-corrected chi connectivity index (χ3v) is 3.98. The molecule has 0 saturated heterocycles. The Labute approximate surface area is 106 Å². The van der Waals surface area contributed by atoms with Gasteiger partial charge in [-0.2, -0.15) is 8.42 Å². The summed E-state index contributed by atoms with van der Waals surface area (Å²) in [5, 5.41) is 0. The predicted octanol–water partition coefficient (Wildman–Crippen LogP) is 3.64. The molecule has 0 radical (unpaired) electrons. The van der Waals surface area contributed by atoms with E-state index in [9.17, 15) is 8.42 Å². The van der Waals surface area contributed by atoms with E-state index in [0.29, 0.717) is 0 Å². The number of hydrogen-bond donors (Lipinski definition) is 0. The second kappa shape index (κ2) is 8.09. The Morgan fingerprint density at radius 3 is 1.47 bits per heavy atom. The summed E-state index contributed by atoms with van der Waals surface area (Å²) in [6.45, 7) is 0. The second-order valence-electron chi connectivity index (χ2n) is 5.18. The van der Waals surface area contributed by atoms with Gasteiger partial charge in [-0.15, -0.1) is 0 Å². The van der Waals surface area contributed by atoms with Gasteiger partial charge in [-0.3, -0.25) is 4.18 Å². The molecule has 0 spiro atoms. The quantitative estimate of drug-likeness (QED) is 0.714. The third kappa shape index (κ3) is 8.61. The fourth-order valence-electron chi connectivity index (χ4n) is 2.47. The summed E-state index contributed by atoms with van der Waals surface area (Å²) >= 11 is 0. The lowest BCUT2D eigenvalue weighted by Gasteiger charge is -2.17. The van der Waals surface area contributed by atoms with Crippen LogP contribution in [-0.2, 0) is 14.3 Å². The van der Waals surface area contributed by atoms with Gasteiger partial charge in [0.25, 0.3) is 10.1 Å². The summed E-state index contributed by atoms with van der Waals surface area (Å²) in [6, 6.07) is 0. The molecular weight excluding hydrogens is 236 g/mol. The Morgan fingerprint density at radius 1 is 0.765 bits per heavy atom. The highest BCUT2D eigenvalue weighted by molar-refractivity contribution is 7.86. The molecule has 0 N–H and O–H groups in total. The van der Waals surface area contributed by atoms with Crippen LogP contribution in [0.25, 0.3) is 0 Å². The predicted molar refractivity (Wildman–Crippen MR) is 70.5 cm³/mol. The van der Waals surface area contributed by atoms with Crippen molar-refractivity contribution in [3.63, 3.8) is 0 Å². The van der Waals surface area contributed by atoms with Crippen molar-refractivity contribution in [2.45, 2.75) is 76.7 Å². The molecule has 0 heterocycles. The molecule has 0 atom stereocenters. The maximum atomic E-state index is 11.2. The van der Waals surface area contributed by atoms with Crippen molar-refractivity contribution in [2.75, 3.05) is 6.26 Å². The molecule has 0 amide bonds. The largest absolute Gasteiger partial charge is 0.267 e. The van der Waals surface area contributed by atoms with Crippen molar-refractivity contribution in [1.82, 2.24) is 0 Å². The highest BCUT2D eigenvalue weighted by Crippen LogP contribution is 2.19. The van der Waals surface area contributed by atoms with Crippen molar-refractivity contribution in [3.05, 3.63) is 0 Å². The highest BCUT2D eigenvalue weighted by Gasteiger charge is 2.15. The fraction of sp³-hybridized carbons (Fsp3) is 1.00. The van der Waals surface area contributed by atoms with Gasteiger partial charge in [-0.05, 0) is 12.8 Å². The summed E-state index contributed by atoms with van der Waals surface area (Å²) in [7, 11) is -3.29. The van der Waals surface area contributed by atoms with Gasteiger partial charge in [-0.25, -0.2) is 0 Å². The molecule has 0 aromatic heterocycles. The average Bonchev–Trinajstić information content (AvgIpc) is 2.20. The first-order valence-electron chi connectivity index (χ1n) is 6.96. The van der Waals surface area contributed by atoms with E-state index in [-0.39, 0.29) is 6.10 Å². The molecule has 1 aliphatic rings. The van der Waals surface area contributed by atoms with Crippen molar-refractivity contribution < 1.29 is 12.6 Å². The molecule has 0 unspecified atom stereocenters. The SMILES string of the molecule is CS(=O)(=O)OC1CCCCCCCCCCC1. The van der Waals surface area contributed by atoms with E-state index in [4.69, 9.17) is 4.18 Å². The van der Waals surface area contributed by atoms with Gasteiger partial charge in [0.2, 0.25) is 0 Å². The molecule has 0 aromatic rings. The van der Waals surface area contributed by atoms with Crippen molar-refractivity contribution in [3.8, 4) is 0 Å². The third-order valence-electron chi connectivity index (χ3n) is 3.36. The van der Waals surface area contributed by atoms with Gasteiger partial charge in [-0.1, -0.05) is 57.8 Å². The molecule has 1 rings (SSSR count). The number of hydrogen-bond acceptors (Lipinski definition) is 3. The Hall–Kier alpha value is -0.0900. The molecule has 1 saturated carbocycles. The van der Waals surface area contributed by atoms with Crippen molar-refractivity contribution in [1.29, 1.82) is 0 Å². The Morgan fingerprint density at radius 2 is 1.12 bits per heavy atom.